The summed E-state index contributed by atoms with van der Waals surface area (Å²) >= 11 is 3.35. The van der Waals surface area contributed by atoms with Crippen molar-refractivity contribution >= 4 is 33.1 Å². The van der Waals surface area contributed by atoms with Gasteiger partial charge in [-0.15, -0.1) is 10.2 Å². The van der Waals surface area contributed by atoms with Crippen LogP contribution in [0.3, 0.4) is 0 Å². The van der Waals surface area contributed by atoms with Crippen LogP contribution in [-0.2, 0) is 0 Å². The van der Waals surface area contributed by atoms with Gasteiger partial charge in [-0.1, -0.05) is 15.9 Å². The van der Waals surface area contributed by atoms with E-state index in [1.165, 1.54) is 0 Å². The lowest BCUT2D eigenvalue weighted by Crippen LogP contribution is -2.21. The Morgan fingerprint density at radius 3 is 2.52 bits per heavy atom. The summed E-state index contributed by atoms with van der Waals surface area (Å²) in [7, 11) is 0. The highest BCUT2D eigenvalue weighted by Gasteiger charge is 2.06. The number of nitrogens with zero attached hydrogens (tertiary/aromatic N) is 4. The Labute approximate surface area is 132 Å². The third-order valence-electron chi connectivity index (χ3n) is 3.06. The Morgan fingerprint density at radius 2 is 1.90 bits per heavy atom. The first kappa shape index (κ1) is 15.4. The van der Waals surface area contributed by atoms with Gasteiger partial charge in [-0.2, -0.15) is 0 Å². The first-order valence-corrected chi connectivity index (χ1v) is 7.54. The number of hydrogen-bond acceptors (Lipinski definition) is 5. The largest absolute Gasteiger partial charge is 0.506 e. The minimum atomic E-state index is 0.109. The van der Waals surface area contributed by atoms with E-state index in [1.54, 1.807) is 24.4 Å². The number of halogens is 1. The van der Waals surface area contributed by atoms with E-state index in [2.05, 4.69) is 49.9 Å². The van der Waals surface area contributed by atoms with E-state index in [0.29, 0.717) is 11.5 Å². The molecule has 1 aromatic heterocycles. The molecular formula is C15H17BrN4O. The van der Waals surface area contributed by atoms with Gasteiger partial charge in [0, 0.05) is 35.5 Å². The third-order valence-corrected chi connectivity index (χ3v) is 3.55. The summed E-state index contributed by atoms with van der Waals surface area (Å²) in [5, 5.41) is 18.1. The van der Waals surface area contributed by atoms with Crippen molar-refractivity contribution in [3.8, 4) is 5.75 Å². The summed E-state index contributed by atoms with van der Waals surface area (Å²) in [6.45, 7) is 5.93. The number of aromatic hydroxyl groups is 1. The molecule has 1 heterocycles. The first-order valence-electron chi connectivity index (χ1n) is 6.75. The number of rotatable bonds is 5. The molecule has 1 aromatic carbocycles. The van der Waals surface area contributed by atoms with E-state index in [9.17, 15) is 5.11 Å². The van der Waals surface area contributed by atoms with E-state index in [0.717, 1.165) is 23.2 Å². The number of hydrogen-bond donors (Lipinski definition) is 1. The molecule has 0 bridgehead atoms. The second-order valence-electron chi connectivity index (χ2n) is 4.38. The van der Waals surface area contributed by atoms with Crippen LogP contribution in [0.5, 0.6) is 5.75 Å². The van der Waals surface area contributed by atoms with Crippen molar-refractivity contribution in [3.05, 3.63) is 41.0 Å². The second-order valence-corrected chi connectivity index (χ2v) is 5.29. The van der Waals surface area contributed by atoms with Gasteiger partial charge in [0.05, 0.1) is 0 Å². The van der Waals surface area contributed by atoms with Crippen LogP contribution in [0.15, 0.2) is 51.2 Å². The Hall–Kier alpha value is -1.95. The molecule has 2 rings (SSSR count). The Kier molecular flexibility index (Phi) is 5.27. The van der Waals surface area contributed by atoms with Gasteiger partial charge in [-0.25, -0.2) is 4.98 Å². The summed E-state index contributed by atoms with van der Waals surface area (Å²) < 4.78 is 0.882. The molecule has 21 heavy (non-hydrogen) atoms. The predicted octanol–water partition coefficient (Wildman–Crippen LogP) is 4.81. The van der Waals surface area contributed by atoms with Crippen LogP contribution in [0.4, 0.5) is 17.2 Å². The van der Waals surface area contributed by atoms with Gasteiger partial charge in [0.1, 0.15) is 11.4 Å². The van der Waals surface area contributed by atoms with E-state index >= 15 is 0 Å². The molecule has 0 aliphatic carbocycles. The summed E-state index contributed by atoms with van der Waals surface area (Å²) in [5.41, 5.74) is 1.39. The summed E-state index contributed by atoms with van der Waals surface area (Å²) in [5.74, 6) is 0.592. The molecule has 1 N–H and O–H groups in total. The highest BCUT2D eigenvalue weighted by atomic mass is 79.9. The molecule has 0 aliphatic heterocycles. The van der Waals surface area contributed by atoms with Gasteiger partial charge in [0.25, 0.3) is 0 Å². The van der Waals surface area contributed by atoms with Crippen LogP contribution in [0.2, 0.25) is 0 Å². The van der Waals surface area contributed by atoms with E-state index in [1.807, 2.05) is 12.1 Å². The monoisotopic (exact) mass is 348 g/mol. The molecule has 0 saturated heterocycles. The van der Waals surface area contributed by atoms with Gasteiger partial charge in [0.2, 0.25) is 0 Å². The number of phenolic OH excluding ortho intramolecular Hbond substituents is 1. The average Bonchev–Trinajstić information content (AvgIpc) is 2.48. The lowest BCUT2D eigenvalue weighted by molar-refractivity contribution is 0.476. The number of azo groups is 1. The molecule has 110 valence electrons. The summed E-state index contributed by atoms with van der Waals surface area (Å²) in [6, 6.07) is 8.95. The van der Waals surface area contributed by atoms with Gasteiger partial charge in [-0.3, -0.25) is 0 Å². The van der Waals surface area contributed by atoms with Gasteiger partial charge in [0.15, 0.2) is 5.82 Å². The molecule has 0 radical (unpaired) electrons. The zero-order chi connectivity index (χ0) is 15.2. The van der Waals surface area contributed by atoms with Crippen molar-refractivity contribution in [2.24, 2.45) is 10.2 Å². The second kappa shape index (κ2) is 7.17. The Balaban J connectivity index is 2.21. The molecule has 0 saturated carbocycles. The topological polar surface area (TPSA) is 61.1 Å². The molecule has 0 atom stereocenters. The highest BCUT2D eigenvalue weighted by molar-refractivity contribution is 9.10. The fourth-order valence-corrected chi connectivity index (χ4v) is 2.26. The summed E-state index contributed by atoms with van der Waals surface area (Å²) in [6.07, 6.45) is 1.64. The molecule has 0 spiro atoms. The molecule has 0 amide bonds. The molecule has 0 unspecified atom stereocenters. The molecule has 5 nitrogen and oxygen atoms in total. The molecule has 6 heteroatoms. The predicted molar refractivity (Wildman–Crippen MR) is 87.8 cm³/mol. The van der Waals surface area contributed by atoms with Crippen LogP contribution < -0.4 is 4.90 Å². The number of pyridine rings is 1. The van der Waals surface area contributed by atoms with Crippen LogP contribution >= 0.6 is 15.9 Å². The normalized spacial score (nSPS) is 11.0. The fourth-order valence-electron chi connectivity index (χ4n) is 1.94. The van der Waals surface area contributed by atoms with E-state index < -0.39 is 0 Å². The minimum absolute atomic E-state index is 0.109. The standard InChI is InChI=1S/C15H17BrN4O/c1-3-20(4-2)12-5-6-13(14(21)10-12)18-19-15-9-11(16)7-8-17-15/h5-10,21H,3-4H2,1-2H3. The zero-order valence-corrected chi connectivity index (χ0v) is 13.6. The minimum Gasteiger partial charge on any atom is -0.506 e. The molecule has 0 aliphatic rings. The average molecular weight is 349 g/mol. The fraction of sp³-hybridized carbons (Fsp3) is 0.267. The first-order chi connectivity index (χ1) is 10.1. The lowest BCUT2D eigenvalue weighted by Gasteiger charge is -2.21. The van der Waals surface area contributed by atoms with E-state index in [4.69, 9.17) is 0 Å². The maximum Gasteiger partial charge on any atom is 0.175 e. The summed E-state index contributed by atoms with van der Waals surface area (Å²) in [4.78, 5) is 6.23. The maximum atomic E-state index is 10.1. The van der Waals surface area contributed by atoms with Crippen molar-refractivity contribution in [1.29, 1.82) is 0 Å². The highest BCUT2D eigenvalue weighted by Crippen LogP contribution is 2.32. The Morgan fingerprint density at radius 1 is 1.14 bits per heavy atom. The zero-order valence-electron chi connectivity index (χ0n) is 12.0. The van der Waals surface area contributed by atoms with Crippen LogP contribution in [0, 0.1) is 0 Å². The van der Waals surface area contributed by atoms with Crippen molar-refractivity contribution in [1.82, 2.24) is 4.98 Å². The van der Waals surface area contributed by atoms with Crippen LogP contribution in [0.1, 0.15) is 13.8 Å². The van der Waals surface area contributed by atoms with Crippen LogP contribution in [-0.4, -0.2) is 23.2 Å². The van der Waals surface area contributed by atoms with Crippen molar-refractivity contribution in [2.75, 3.05) is 18.0 Å². The number of benzene rings is 1. The number of phenols is 1. The number of anilines is 1. The van der Waals surface area contributed by atoms with Crippen molar-refractivity contribution < 1.29 is 5.11 Å². The third kappa shape index (κ3) is 4.01. The van der Waals surface area contributed by atoms with Gasteiger partial charge in [-0.05, 0) is 38.1 Å². The molecule has 2 aromatic rings. The lowest BCUT2D eigenvalue weighted by atomic mass is 10.2. The maximum absolute atomic E-state index is 10.1. The molecule has 0 fully saturated rings. The van der Waals surface area contributed by atoms with Gasteiger partial charge >= 0.3 is 0 Å². The number of aromatic nitrogens is 1. The Bertz CT molecular complexity index is 641. The van der Waals surface area contributed by atoms with Crippen molar-refractivity contribution in [3.63, 3.8) is 0 Å². The van der Waals surface area contributed by atoms with Gasteiger partial charge < -0.3 is 10.0 Å². The van der Waals surface area contributed by atoms with Crippen LogP contribution in [0.25, 0.3) is 0 Å². The van der Waals surface area contributed by atoms with E-state index in [-0.39, 0.29) is 5.75 Å². The smallest absolute Gasteiger partial charge is 0.175 e. The molecular weight excluding hydrogens is 332 g/mol. The van der Waals surface area contributed by atoms with Crippen molar-refractivity contribution in [2.45, 2.75) is 13.8 Å². The SMILES string of the molecule is CCN(CC)c1ccc(N=Nc2cc(Br)ccn2)c(O)c1. The quantitative estimate of drug-likeness (QED) is 0.788.